The minimum atomic E-state index is -4.39. The quantitative estimate of drug-likeness (QED) is 0.487. The van der Waals surface area contributed by atoms with Crippen LogP contribution in [0.3, 0.4) is 0 Å². The van der Waals surface area contributed by atoms with Gasteiger partial charge in [0.25, 0.3) is 0 Å². The molecule has 1 saturated heterocycles. The van der Waals surface area contributed by atoms with E-state index in [4.69, 9.17) is 0 Å². The van der Waals surface area contributed by atoms with Gasteiger partial charge in [0.1, 0.15) is 6.33 Å². The molecule has 7 heteroatoms. The van der Waals surface area contributed by atoms with Crippen LogP contribution in [0.5, 0.6) is 0 Å². The van der Waals surface area contributed by atoms with Gasteiger partial charge in [-0.2, -0.15) is 17.6 Å². The lowest BCUT2D eigenvalue weighted by molar-refractivity contribution is -0.251. The molecule has 0 N–H and O–H groups in total. The van der Waals surface area contributed by atoms with Gasteiger partial charge in [-0.3, -0.25) is 0 Å². The molecule has 0 radical (unpaired) electrons. The van der Waals surface area contributed by atoms with Gasteiger partial charge >= 0.3 is 6.30 Å². The summed E-state index contributed by atoms with van der Waals surface area (Å²) in [5, 5.41) is 0. The van der Waals surface area contributed by atoms with Crippen molar-refractivity contribution in [1.29, 1.82) is 0 Å². The van der Waals surface area contributed by atoms with Crippen LogP contribution in [0.25, 0.3) is 0 Å². The molecular weight excluding hydrogens is 207 g/mol. The Kier molecular flexibility index (Phi) is 3.30. The van der Waals surface area contributed by atoms with Crippen molar-refractivity contribution in [2.24, 2.45) is 0 Å². The molecule has 0 atom stereocenters. The number of hydrogen-bond donors (Lipinski definition) is 0. The van der Waals surface area contributed by atoms with Gasteiger partial charge in [-0.1, -0.05) is 0 Å². The monoisotopic (exact) mass is 216 g/mol. The number of piperazine rings is 1. The molecule has 2 nitrogen and oxygen atoms in total. The van der Waals surface area contributed by atoms with E-state index in [1.165, 1.54) is 0 Å². The van der Waals surface area contributed by atoms with Crippen LogP contribution in [-0.4, -0.2) is 42.3 Å². The summed E-state index contributed by atoms with van der Waals surface area (Å²) in [5.41, 5.74) is 0. The molecule has 1 fully saturated rings. The van der Waals surface area contributed by atoms with Crippen LogP contribution >= 0.6 is 0 Å². The zero-order valence-electron chi connectivity index (χ0n) is 7.19. The summed E-state index contributed by atoms with van der Waals surface area (Å²) in [6.45, 7) is -1.01. The van der Waals surface area contributed by atoms with E-state index in [2.05, 4.69) is 0 Å². The van der Waals surface area contributed by atoms with Crippen molar-refractivity contribution in [1.82, 2.24) is 9.80 Å². The van der Waals surface area contributed by atoms with Gasteiger partial charge in [-0.05, 0) is 0 Å². The molecule has 0 saturated carbocycles. The third kappa shape index (κ3) is 2.57. The lowest BCUT2D eigenvalue weighted by atomic mass is 10.3. The van der Waals surface area contributed by atoms with Crippen molar-refractivity contribution in [3.8, 4) is 0 Å². The maximum Gasteiger partial charge on any atom is 0.460 e. The lowest BCUT2D eigenvalue weighted by Gasteiger charge is -2.35. The molecule has 0 spiro atoms. The molecule has 0 amide bonds. The topological polar surface area (TPSA) is 6.48 Å². The highest BCUT2D eigenvalue weighted by atomic mass is 19.4. The number of nitrogens with zero attached hydrogens (tertiary/aromatic N) is 2. The SMILES string of the molecule is F/C=C(/F)N1CCN(C(F)(F)F)CC1. The first kappa shape index (κ1) is 11.2. The Morgan fingerprint density at radius 2 is 1.57 bits per heavy atom. The fourth-order valence-corrected chi connectivity index (χ4v) is 1.24. The van der Waals surface area contributed by atoms with Gasteiger partial charge in [-0.25, -0.2) is 9.29 Å². The fraction of sp³-hybridized carbons (Fsp3) is 0.714. The van der Waals surface area contributed by atoms with Gasteiger partial charge in [0, 0.05) is 26.2 Å². The maximum atomic E-state index is 12.6. The van der Waals surface area contributed by atoms with Crippen LogP contribution in [0.1, 0.15) is 0 Å². The zero-order valence-corrected chi connectivity index (χ0v) is 7.19. The smallest absolute Gasteiger partial charge is 0.344 e. The number of rotatable bonds is 1. The Bertz CT molecular complexity index is 217. The summed E-state index contributed by atoms with van der Waals surface area (Å²) in [6.07, 6.45) is -4.63. The van der Waals surface area contributed by atoms with Crippen molar-refractivity contribution >= 4 is 0 Å². The largest absolute Gasteiger partial charge is 0.460 e. The molecule has 1 aliphatic rings. The summed E-state index contributed by atoms with van der Waals surface area (Å²) in [5.74, 6) is -1.12. The van der Waals surface area contributed by atoms with E-state index in [0.717, 1.165) is 4.90 Å². The molecule has 0 aromatic heterocycles. The third-order valence-electron chi connectivity index (χ3n) is 2.03. The normalized spacial score (nSPS) is 21.5. The maximum absolute atomic E-state index is 12.6. The Morgan fingerprint density at radius 3 is 1.93 bits per heavy atom. The highest BCUT2D eigenvalue weighted by molar-refractivity contribution is 4.89. The predicted octanol–water partition coefficient (Wildman–Crippen LogP) is 1.86. The first-order chi connectivity index (χ1) is 6.45. The minimum absolute atomic E-state index is 0.161. The second kappa shape index (κ2) is 4.12. The molecule has 0 aliphatic carbocycles. The van der Waals surface area contributed by atoms with E-state index in [1.807, 2.05) is 0 Å². The molecule has 1 aliphatic heterocycles. The fourth-order valence-electron chi connectivity index (χ4n) is 1.24. The van der Waals surface area contributed by atoms with Crippen molar-refractivity contribution in [3.05, 3.63) is 12.3 Å². The lowest BCUT2D eigenvalue weighted by Crippen LogP contribution is -2.51. The van der Waals surface area contributed by atoms with Crippen LogP contribution in [0, 0.1) is 0 Å². The van der Waals surface area contributed by atoms with Gasteiger partial charge in [0.2, 0.25) is 5.95 Å². The van der Waals surface area contributed by atoms with Crippen molar-refractivity contribution < 1.29 is 22.0 Å². The third-order valence-corrected chi connectivity index (χ3v) is 2.03. The average molecular weight is 216 g/mol. The van der Waals surface area contributed by atoms with Crippen molar-refractivity contribution in [2.45, 2.75) is 6.30 Å². The van der Waals surface area contributed by atoms with Crippen molar-refractivity contribution in [3.63, 3.8) is 0 Å². The standard InChI is InChI=1S/C7H9F5N2/c8-5-6(9)13-1-3-14(4-2-13)7(10,11)12/h5H,1-4H2/b6-5-. The van der Waals surface area contributed by atoms with Crippen LogP contribution in [0.2, 0.25) is 0 Å². The Labute approximate surface area is 77.6 Å². The van der Waals surface area contributed by atoms with E-state index in [1.54, 1.807) is 0 Å². The Balaban J connectivity index is 2.47. The molecule has 1 rings (SSSR count). The molecule has 0 aromatic carbocycles. The molecule has 0 unspecified atom stereocenters. The van der Waals surface area contributed by atoms with Crippen LogP contribution < -0.4 is 0 Å². The average Bonchev–Trinajstić information content (AvgIpc) is 2.15. The van der Waals surface area contributed by atoms with Gasteiger partial charge < -0.3 is 4.90 Å². The molecule has 82 valence electrons. The van der Waals surface area contributed by atoms with E-state index < -0.39 is 12.3 Å². The number of alkyl halides is 3. The first-order valence-electron chi connectivity index (χ1n) is 3.97. The summed E-state index contributed by atoms with van der Waals surface area (Å²) < 4.78 is 60.5. The predicted molar refractivity (Wildman–Crippen MR) is 39.5 cm³/mol. The van der Waals surface area contributed by atoms with Crippen LogP contribution in [0.4, 0.5) is 22.0 Å². The van der Waals surface area contributed by atoms with Crippen LogP contribution in [-0.2, 0) is 0 Å². The minimum Gasteiger partial charge on any atom is -0.344 e. The summed E-state index contributed by atoms with van der Waals surface area (Å²) in [6, 6.07) is 0. The van der Waals surface area contributed by atoms with Crippen LogP contribution in [0.15, 0.2) is 12.3 Å². The first-order valence-corrected chi connectivity index (χ1v) is 3.97. The zero-order chi connectivity index (χ0) is 10.8. The second-order valence-corrected chi connectivity index (χ2v) is 2.87. The van der Waals surface area contributed by atoms with E-state index >= 15 is 0 Å². The molecule has 0 bridgehead atoms. The van der Waals surface area contributed by atoms with Gasteiger partial charge in [0.15, 0.2) is 0 Å². The Hall–Kier alpha value is -0.850. The molecule has 1 heterocycles. The van der Waals surface area contributed by atoms with Gasteiger partial charge in [-0.15, -0.1) is 0 Å². The Morgan fingerprint density at radius 1 is 1.07 bits per heavy atom. The summed E-state index contributed by atoms with van der Waals surface area (Å²) in [7, 11) is 0. The van der Waals surface area contributed by atoms with E-state index in [-0.39, 0.29) is 37.4 Å². The number of hydrogen-bond acceptors (Lipinski definition) is 2. The molecule has 14 heavy (non-hydrogen) atoms. The summed E-state index contributed by atoms with van der Waals surface area (Å²) >= 11 is 0. The molecular formula is C7H9F5N2. The highest BCUT2D eigenvalue weighted by Gasteiger charge is 2.39. The van der Waals surface area contributed by atoms with E-state index in [9.17, 15) is 22.0 Å². The number of halogens is 5. The molecule has 0 aromatic rings. The summed E-state index contributed by atoms with van der Waals surface area (Å²) in [4.78, 5) is 1.21. The second-order valence-electron chi connectivity index (χ2n) is 2.87. The highest BCUT2D eigenvalue weighted by Crippen LogP contribution is 2.23. The van der Waals surface area contributed by atoms with Crippen molar-refractivity contribution in [2.75, 3.05) is 26.2 Å². The van der Waals surface area contributed by atoms with Gasteiger partial charge in [0.05, 0.1) is 0 Å². The van der Waals surface area contributed by atoms with E-state index in [0.29, 0.717) is 0 Å².